The summed E-state index contributed by atoms with van der Waals surface area (Å²) in [4.78, 5) is 0. The Morgan fingerprint density at radius 1 is 1.24 bits per heavy atom. The van der Waals surface area contributed by atoms with Gasteiger partial charge in [0.25, 0.3) is 0 Å². The van der Waals surface area contributed by atoms with Crippen LogP contribution >= 0.6 is 0 Å². The number of nitrogens with two attached hydrogens (primary N) is 1. The molecule has 6 heteroatoms. The number of nitrogens with zero attached hydrogens (tertiary/aromatic N) is 2. The van der Waals surface area contributed by atoms with E-state index in [-0.39, 0.29) is 0 Å². The Morgan fingerprint density at radius 2 is 1.94 bits per heavy atom. The van der Waals surface area contributed by atoms with E-state index in [0.29, 0.717) is 11.4 Å². The Balaban J connectivity index is 2.47. The number of rotatable bonds is 1. The molecule has 1 heterocycles. The van der Waals surface area contributed by atoms with E-state index >= 15 is 0 Å². The molecule has 1 aromatic heterocycles. The highest BCUT2D eigenvalue weighted by Gasteiger charge is 2.33. The van der Waals surface area contributed by atoms with Gasteiger partial charge in [-0.1, -0.05) is 6.07 Å². The highest BCUT2D eigenvalue weighted by Crippen LogP contribution is 2.28. The summed E-state index contributed by atoms with van der Waals surface area (Å²) in [5.41, 5.74) is 6.49. The fraction of sp³-hybridized carbons (Fsp3) is 0.182. The minimum Gasteiger partial charge on any atom is -0.397 e. The van der Waals surface area contributed by atoms with Crippen molar-refractivity contribution in [2.45, 2.75) is 13.1 Å². The topological polar surface area (TPSA) is 43.8 Å². The van der Waals surface area contributed by atoms with Crippen molar-refractivity contribution in [3.05, 3.63) is 41.7 Å². The zero-order valence-electron chi connectivity index (χ0n) is 8.99. The Bertz CT molecular complexity index is 543. The Labute approximate surface area is 95.7 Å². The van der Waals surface area contributed by atoms with Crippen LogP contribution in [0.5, 0.6) is 0 Å². The van der Waals surface area contributed by atoms with Crippen molar-refractivity contribution in [1.82, 2.24) is 9.78 Å². The summed E-state index contributed by atoms with van der Waals surface area (Å²) >= 11 is 0. The lowest BCUT2D eigenvalue weighted by Gasteiger charge is -2.07. The van der Waals surface area contributed by atoms with Gasteiger partial charge in [0.05, 0.1) is 11.4 Å². The molecule has 17 heavy (non-hydrogen) atoms. The first-order chi connectivity index (χ1) is 7.88. The Morgan fingerprint density at radius 3 is 2.53 bits per heavy atom. The molecule has 0 aliphatic heterocycles. The molecule has 0 radical (unpaired) electrons. The van der Waals surface area contributed by atoms with E-state index in [2.05, 4.69) is 5.10 Å². The summed E-state index contributed by atoms with van der Waals surface area (Å²) in [6.07, 6.45) is -3.20. The third-order valence-corrected chi connectivity index (χ3v) is 2.31. The number of hydrogen-bond donors (Lipinski definition) is 1. The molecule has 90 valence electrons. The van der Waals surface area contributed by atoms with E-state index in [0.717, 1.165) is 16.3 Å². The average molecular weight is 241 g/mol. The van der Waals surface area contributed by atoms with Crippen molar-refractivity contribution in [2.24, 2.45) is 0 Å². The van der Waals surface area contributed by atoms with Crippen LogP contribution in [0.1, 0.15) is 11.3 Å². The van der Waals surface area contributed by atoms with Crippen molar-refractivity contribution >= 4 is 5.69 Å². The predicted octanol–water partition coefficient (Wildman–Crippen LogP) is 2.78. The molecule has 0 saturated carbocycles. The molecule has 0 unspecified atom stereocenters. The Kier molecular flexibility index (Phi) is 2.57. The van der Waals surface area contributed by atoms with Crippen LogP contribution in [0.2, 0.25) is 0 Å². The first kappa shape index (κ1) is 11.5. The number of nitrogen functional groups attached to an aromatic ring is 1. The lowest BCUT2D eigenvalue weighted by atomic mass is 10.2. The maximum Gasteiger partial charge on any atom is 0.435 e. The van der Waals surface area contributed by atoms with E-state index in [9.17, 15) is 13.2 Å². The maximum absolute atomic E-state index is 12.4. The van der Waals surface area contributed by atoms with Crippen LogP contribution in [0.25, 0.3) is 5.69 Å². The van der Waals surface area contributed by atoms with Crippen LogP contribution in [-0.2, 0) is 6.18 Å². The molecule has 2 rings (SSSR count). The summed E-state index contributed by atoms with van der Waals surface area (Å²) in [5.74, 6) is 0. The van der Waals surface area contributed by atoms with Crippen LogP contribution in [0, 0.1) is 6.92 Å². The van der Waals surface area contributed by atoms with Crippen molar-refractivity contribution < 1.29 is 13.2 Å². The number of hydrogen-bond acceptors (Lipinski definition) is 2. The number of anilines is 1. The van der Waals surface area contributed by atoms with Crippen molar-refractivity contribution in [3.63, 3.8) is 0 Å². The van der Waals surface area contributed by atoms with Crippen LogP contribution in [0.4, 0.5) is 18.9 Å². The van der Waals surface area contributed by atoms with Crippen LogP contribution in [0.3, 0.4) is 0 Å². The van der Waals surface area contributed by atoms with Gasteiger partial charge in [-0.3, -0.25) is 0 Å². The highest BCUT2D eigenvalue weighted by molar-refractivity contribution is 5.58. The van der Waals surface area contributed by atoms with Crippen molar-refractivity contribution in [3.8, 4) is 5.69 Å². The summed E-state index contributed by atoms with van der Waals surface area (Å²) in [5, 5.41) is 3.47. The molecular weight excluding hydrogens is 231 g/mol. The van der Waals surface area contributed by atoms with Crippen LogP contribution in [0.15, 0.2) is 30.5 Å². The Hall–Kier alpha value is -1.98. The molecule has 0 spiro atoms. The summed E-state index contributed by atoms with van der Waals surface area (Å²) in [7, 11) is 0. The van der Waals surface area contributed by atoms with Gasteiger partial charge >= 0.3 is 6.18 Å². The predicted molar refractivity (Wildman–Crippen MR) is 57.7 cm³/mol. The monoisotopic (exact) mass is 241 g/mol. The minimum atomic E-state index is -4.44. The zero-order chi connectivity index (χ0) is 12.6. The second-order valence-electron chi connectivity index (χ2n) is 3.71. The van der Waals surface area contributed by atoms with Gasteiger partial charge < -0.3 is 5.73 Å². The molecular formula is C11H10F3N3. The fourth-order valence-corrected chi connectivity index (χ4v) is 1.46. The molecule has 0 saturated heterocycles. The molecule has 0 amide bonds. The van der Waals surface area contributed by atoms with E-state index in [1.807, 2.05) is 6.92 Å². The van der Waals surface area contributed by atoms with Crippen molar-refractivity contribution in [2.75, 3.05) is 5.73 Å². The highest BCUT2D eigenvalue weighted by atomic mass is 19.4. The van der Waals surface area contributed by atoms with Gasteiger partial charge in [0.2, 0.25) is 0 Å². The van der Waals surface area contributed by atoms with Gasteiger partial charge in [0, 0.05) is 6.20 Å². The number of aromatic nitrogens is 2. The summed E-state index contributed by atoms with van der Waals surface area (Å²) in [6.45, 7) is 1.83. The van der Waals surface area contributed by atoms with E-state index in [1.165, 1.54) is 6.20 Å². The second kappa shape index (κ2) is 3.80. The largest absolute Gasteiger partial charge is 0.435 e. The van der Waals surface area contributed by atoms with Gasteiger partial charge in [-0.25, -0.2) is 4.68 Å². The molecule has 0 aliphatic rings. The molecule has 0 fully saturated rings. The zero-order valence-corrected chi connectivity index (χ0v) is 8.99. The lowest BCUT2D eigenvalue weighted by molar-refractivity contribution is -0.141. The quantitative estimate of drug-likeness (QED) is 0.780. The molecule has 0 atom stereocenters. The maximum atomic E-state index is 12.4. The lowest BCUT2D eigenvalue weighted by Crippen LogP contribution is -2.08. The summed E-state index contributed by atoms with van der Waals surface area (Å²) in [6, 6.07) is 6.02. The van der Waals surface area contributed by atoms with Crippen LogP contribution in [-0.4, -0.2) is 9.78 Å². The van der Waals surface area contributed by atoms with E-state index in [1.54, 1.807) is 18.2 Å². The average Bonchev–Trinajstić information content (AvgIpc) is 2.70. The van der Waals surface area contributed by atoms with Gasteiger partial charge in [0.1, 0.15) is 0 Å². The molecule has 2 N–H and O–H groups in total. The van der Waals surface area contributed by atoms with E-state index < -0.39 is 11.9 Å². The SMILES string of the molecule is Cc1ccc(N)c(-n2ccc(C(F)(F)F)n2)c1. The number of halogens is 3. The molecule has 2 aromatic rings. The van der Waals surface area contributed by atoms with Gasteiger partial charge in [0.15, 0.2) is 5.69 Å². The number of aryl methyl sites for hydroxylation is 1. The minimum absolute atomic E-state index is 0.382. The first-order valence-electron chi connectivity index (χ1n) is 4.87. The second-order valence-corrected chi connectivity index (χ2v) is 3.71. The van der Waals surface area contributed by atoms with Crippen molar-refractivity contribution in [1.29, 1.82) is 0 Å². The molecule has 1 aromatic carbocycles. The third-order valence-electron chi connectivity index (χ3n) is 2.31. The third kappa shape index (κ3) is 2.25. The van der Waals surface area contributed by atoms with E-state index in [4.69, 9.17) is 5.73 Å². The van der Waals surface area contributed by atoms with Crippen LogP contribution < -0.4 is 5.73 Å². The molecule has 0 bridgehead atoms. The van der Waals surface area contributed by atoms with Gasteiger partial charge in [-0.2, -0.15) is 18.3 Å². The fourth-order valence-electron chi connectivity index (χ4n) is 1.46. The normalized spacial score (nSPS) is 11.8. The smallest absolute Gasteiger partial charge is 0.397 e. The standard InChI is InChI=1S/C11H10F3N3/c1-7-2-3-8(15)9(6-7)17-5-4-10(16-17)11(12,13)14/h2-6H,15H2,1H3. The van der Waals surface area contributed by atoms with Gasteiger partial charge in [-0.15, -0.1) is 0 Å². The number of alkyl halides is 3. The van der Waals surface area contributed by atoms with Gasteiger partial charge in [-0.05, 0) is 30.7 Å². The number of benzene rings is 1. The molecule has 0 aliphatic carbocycles. The molecule has 3 nitrogen and oxygen atoms in total. The first-order valence-corrected chi connectivity index (χ1v) is 4.87. The summed E-state index contributed by atoms with van der Waals surface area (Å²) < 4.78 is 38.3.